The average Bonchev–Trinajstić information content (AvgIpc) is 2.65. The first-order valence-corrected chi connectivity index (χ1v) is 6.48. The summed E-state index contributed by atoms with van der Waals surface area (Å²) in [5.41, 5.74) is 5.89. The maximum absolute atomic E-state index is 5.89. The van der Waals surface area contributed by atoms with Gasteiger partial charge in [-0.05, 0) is 52.4 Å². The molecule has 0 bridgehead atoms. The van der Waals surface area contributed by atoms with Crippen LogP contribution in [0.3, 0.4) is 0 Å². The fourth-order valence-electron chi connectivity index (χ4n) is 2.90. The van der Waals surface area contributed by atoms with Crippen molar-refractivity contribution in [3.8, 4) is 0 Å². The van der Waals surface area contributed by atoms with E-state index >= 15 is 0 Å². The van der Waals surface area contributed by atoms with E-state index in [4.69, 9.17) is 5.73 Å². The van der Waals surface area contributed by atoms with Crippen molar-refractivity contribution in [1.29, 1.82) is 0 Å². The summed E-state index contributed by atoms with van der Waals surface area (Å²) in [6.45, 7) is 3.67. The molecule has 1 saturated heterocycles. The molecule has 16 heavy (non-hydrogen) atoms. The molecule has 1 fully saturated rings. The molecule has 1 aliphatic heterocycles. The number of hydrogen-bond donors (Lipinski definition) is 1. The van der Waals surface area contributed by atoms with E-state index in [2.05, 4.69) is 36.0 Å². The molecule has 3 heteroatoms. The Morgan fingerprint density at radius 2 is 2.00 bits per heavy atom. The third-order valence-electron chi connectivity index (χ3n) is 4.04. The highest BCUT2D eigenvalue weighted by molar-refractivity contribution is 5.05. The van der Waals surface area contributed by atoms with Crippen molar-refractivity contribution < 1.29 is 0 Å². The van der Waals surface area contributed by atoms with Gasteiger partial charge in [-0.25, -0.2) is 0 Å². The van der Waals surface area contributed by atoms with Gasteiger partial charge in [-0.1, -0.05) is 12.2 Å². The lowest BCUT2D eigenvalue weighted by Gasteiger charge is -2.36. The number of piperidine rings is 1. The minimum absolute atomic E-state index is 0.302. The number of nitrogens with zero attached hydrogens (tertiary/aromatic N) is 2. The van der Waals surface area contributed by atoms with E-state index in [1.54, 1.807) is 0 Å². The molecule has 0 amide bonds. The molecule has 0 aromatic carbocycles. The molecule has 1 aliphatic carbocycles. The highest BCUT2D eigenvalue weighted by Crippen LogP contribution is 2.21. The number of nitrogens with two attached hydrogens (primary N) is 1. The molecule has 0 radical (unpaired) electrons. The average molecular weight is 223 g/mol. The predicted molar refractivity (Wildman–Crippen MR) is 68.4 cm³/mol. The smallest absolute Gasteiger partial charge is 0.0229 e. The van der Waals surface area contributed by atoms with Gasteiger partial charge in [0.25, 0.3) is 0 Å². The van der Waals surface area contributed by atoms with Gasteiger partial charge in [-0.2, -0.15) is 0 Å². The summed E-state index contributed by atoms with van der Waals surface area (Å²) in [5, 5.41) is 0. The first kappa shape index (κ1) is 12.1. The summed E-state index contributed by atoms with van der Waals surface area (Å²) in [6, 6.07) is 1.08. The summed E-state index contributed by atoms with van der Waals surface area (Å²) in [4.78, 5) is 4.97. The summed E-state index contributed by atoms with van der Waals surface area (Å²) in [5.74, 6) is 0.680. The maximum Gasteiger partial charge on any atom is 0.0229 e. The van der Waals surface area contributed by atoms with Gasteiger partial charge in [-0.15, -0.1) is 0 Å². The number of rotatable bonds is 3. The van der Waals surface area contributed by atoms with E-state index < -0.39 is 0 Å². The van der Waals surface area contributed by atoms with Crippen molar-refractivity contribution >= 4 is 0 Å². The van der Waals surface area contributed by atoms with E-state index in [0.29, 0.717) is 12.0 Å². The molecule has 2 aliphatic rings. The summed E-state index contributed by atoms with van der Waals surface area (Å²) < 4.78 is 0. The van der Waals surface area contributed by atoms with Crippen molar-refractivity contribution in [2.75, 3.05) is 33.7 Å². The first-order chi connectivity index (χ1) is 7.65. The molecule has 0 spiro atoms. The molecule has 92 valence electrons. The Kier molecular flexibility index (Phi) is 4.00. The van der Waals surface area contributed by atoms with Crippen LogP contribution in [0, 0.1) is 5.92 Å². The van der Waals surface area contributed by atoms with Crippen molar-refractivity contribution in [3.63, 3.8) is 0 Å². The summed E-state index contributed by atoms with van der Waals surface area (Å²) in [7, 11) is 4.49. The van der Waals surface area contributed by atoms with Crippen molar-refractivity contribution in [3.05, 3.63) is 12.2 Å². The number of likely N-dealkylation sites (tertiary alicyclic amines) is 1. The van der Waals surface area contributed by atoms with Gasteiger partial charge in [0.05, 0.1) is 0 Å². The van der Waals surface area contributed by atoms with Gasteiger partial charge in [0.1, 0.15) is 0 Å². The third kappa shape index (κ3) is 3.06. The molecule has 2 unspecified atom stereocenters. The monoisotopic (exact) mass is 223 g/mol. The van der Waals surface area contributed by atoms with E-state index in [9.17, 15) is 0 Å². The van der Waals surface area contributed by atoms with Crippen LogP contribution in [0.5, 0.6) is 0 Å². The van der Waals surface area contributed by atoms with Gasteiger partial charge < -0.3 is 15.5 Å². The first-order valence-electron chi connectivity index (χ1n) is 6.48. The maximum atomic E-state index is 5.89. The van der Waals surface area contributed by atoms with Crippen LogP contribution in [0.1, 0.15) is 19.3 Å². The quantitative estimate of drug-likeness (QED) is 0.722. The molecule has 0 aromatic heterocycles. The lowest BCUT2D eigenvalue weighted by atomic mass is 10.0. The largest absolute Gasteiger partial charge is 0.324 e. The molecule has 2 atom stereocenters. The standard InChI is InChI=1S/C13H25N3/c1-15-7-5-13(6-8-15)16(2)10-11-3-4-12(14)9-11/h3-4,11-13H,5-10,14H2,1-2H3. The Labute approximate surface area is 99.3 Å². The number of hydrogen-bond acceptors (Lipinski definition) is 3. The minimum Gasteiger partial charge on any atom is -0.324 e. The summed E-state index contributed by atoms with van der Waals surface area (Å²) in [6.07, 6.45) is 8.23. The zero-order chi connectivity index (χ0) is 11.5. The van der Waals surface area contributed by atoms with Gasteiger partial charge >= 0.3 is 0 Å². The van der Waals surface area contributed by atoms with Crippen LogP contribution in [0.15, 0.2) is 12.2 Å². The fourth-order valence-corrected chi connectivity index (χ4v) is 2.90. The lowest BCUT2D eigenvalue weighted by molar-refractivity contribution is 0.134. The third-order valence-corrected chi connectivity index (χ3v) is 4.04. The van der Waals surface area contributed by atoms with E-state index in [1.807, 2.05) is 0 Å². The fraction of sp³-hybridized carbons (Fsp3) is 0.846. The van der Waals surface area contributed by atoms with E-state index in [-0.39, 0.29) is 0 Å². The second-order valence-electron chi connectivity index (χ2n) is 5.52. The molecule has 3 nitrogen and oxygen atoms in total. The Morgan fingerprint density at radius 3 is 2.56 bits per heavy atom. The SMILES string of the molecule is CN1CCC(N(C)CC2C=CC(N)C2)CC1. The zero-order valence-electron chi connectivity index (χ0n) is 10.6. The normalized spacial score (nSPS) is 32.8. The highest BCUT2D eigenvalue weighted by Gasteiger charge is 2.23. The lowest BCUT2D eigenvalue weighted by Crippen LogP contribution is -2.43. The van der Waals surface area contributed by atoms with Crippen molar-refractivity contribution in [2.24, 2.45) is 11.7 Å². The summed E-state index contributed by atoms with van der Waals surface area (Å²) >= 11 is 0. The molecular formula is C13H25N3. The zero-order valence-corrected chi connectivity index (χ0v) is 10.6. The van der Waals surface area contributed by atoms with Gasteiger partial charge in [0.15, 0.2) is 0 Å². The van der Waals surface area contributed by atoms with Crippen LogP contribution in [-0.2, 0) is 0 Å². The van der Waals surface area contributed by atoms with Crippen LogP contribution in [-0.4, -0.2) is 55.6 Å². The van der Waals surface area contributed by atoms with E-state index in [0.717, 1.165) is 12.5 Å². The highest BCUT2D eigenvalue weighted by atomic mass is 15.2. The second kappa shape index (κ2) is 5.30. The second-order valence-corrected chi connectivity index (χ2v) is 5.52. The van der Waals surface area contributed by atoms with Gasteiger partial charge in [-0.3, -0.25) is 0 Å². The molecular weight excluding hydrogens is 198 g/mol. The predicted octanol–water partition coefficient (Wildman–Crippen LogP) is 0.916. The van der Waals surface area contributed by atoms with Crippen molar-refractivity contribution in [1.82, 2.24) is 9.80 Å². The molecule has 2 rings (SSSR count). The Hall–Kier alpha value is -0.380. The topological polar surface area (TPSA) is 32.5 Å². The Bertz CT molecular complexity index is 244. The van der Waals surface area contributed by atoms with Crippen LogP contribution in [0.25, 0.3) is 0 Å². The van der Waals surface area contributed by atoms with E-state index in [1.165, 1.54) is 32.5 Å². The van der Waals surface area contributed by atoms with Crippen molar-refractivity contribution in [2.45, 2.75) is 31.3 Å². The molecule has 2 N–H and O–H groups in total. The van der Waals surface area contributed by atoms with Gasteiger partial charge in [0.2, 0.25) is 0 Å². The minimum atomic E-state index is 0.302. The molecule has 0 saturated carbocycles. The molecule has 1 heterocycles. The molecule has 0 aromatic rings. The Balaban J connectivity index is 1.75. The van der Waals surface area contributed by atoms with Crippen LogP contribution >= 0.6 is 0 Å². The van der Waals surface area contributed by atoms with Crippen LogP contribution in [0.4, 0.5) is 0 Å². The van der Waals surface area contributed by atoms with Crippen LogP contribution in [0.2, 0.25) is 0 Å². The van der Waals surface area contributed by atoms with Crippen LogP contribution < -0.4 is 5.73 Å². The Morgan fingerprint density at radius 1 is 1.31 bits per heavy atom. The van der Waals surface area contributed by atoms with Gasteiger partial charge in [0, 0.05) is 18.6 Å².